The molecule has 0 fully saturated rings. The Morgan fingerprint density at radius 1 is 1.04 bits per heavy atom. The number of hydrogen-bond donors (Lipinski definition) is 2. The molecular weight excluding hydrogens is 346 g/mol. The van der Waals surface area contributed by atoms with E-state index in [2.05, 4.69) is 15.8 Å². The van der Waals surface area contributed by atoms with Gasteiger partial charge in [-0.3, -0.25) is 9.59 Å². The van der Waals surface area contributed by atoms with Gasteiger partial charge in [-0.1, -0.05) is 12.1 Å². The molecular formula is C20H23N3O4. The van der Waals surface area contributed by atoms with Gasteiger partial charge in [0.1, 0.15) is 17.4 Å². The van der Waals surface area contributed by atoms with Gasteiger partial charge in [0.2, 0.25) is 5.91 Å². The Morgan fingerprint density at radius 3 is 2.37 bits per heavy atom. The van der Waals surface area contributed by atoms with Crippen LogP contribution in [0.1, 0.15) is 18.1 Å². The van der Waals surface area contributed by atoms with Crippen molar-refractivity contribution in [3.05, 3.63) is 53.6 Å². The smallest absolute Gasteiger partial charge is 0.252 e. The lowest BCUT2D eigenvalue weighted by Crippen LogP contribution is -2.34. The highest BCUT2D eigenvalue weighted by molar-refractivity contribution is 6.06. The first-order valence-corrected chi connectivity index (χ1v) is 8.37. The van der Waals surface area contributed by atoms with E-state index in [4.69, 9.17) is 9.47 Å². The molecule has 0 saturated carbocycles. The summed E-state index contributed by atoms with van der Waals surface area (Å²) in [7, 11) is 3.15. The van der Waals surface area contributed by atoms with Gasteiger partial charge >= 0.3 is 0 Å². The van der Waals surface area contributed by atoms with Crippen LogP contribution in [0.4, 0.5) is 5.69 Å². The Labute approximate surface area is 158 Å². The predicted molar refractivity (Wildman–Crippen MR) is 104 cm³/mol. The molecule has 142 valence electrons. The lowest BCUT2D eigenvalue weighted by atomic mass is 10.1. The molecule has 0 heterocycles. The quantitative estimate of drug-likeness (QED) is 0.446. The maximum atomic E-state index is 12.2. The molecule has 2 amide bonds. The monoisotopic (exact) mass is 369 g/mol. The minimum Gasteiger partial charge on any atom is -0.497 e. The highest BCUT2D eigenvalue weighted by atomic mass is 16.5. The van der Waals surface area contributed by atoms with Crippen molar-refractivity contribution in [1.82, 2.24) is 5.43 Å². The molecule has 2 aromatic carbocycles. The van der Waals surface area contributed by atoms with Gasteiger partial charge in [-0.2, -0.15) is 5.10 Å². The van der Waals surface area contributed by atoms with Gasteiger partial charge < -0.3 is 14.8 Å². The molecule has 0 aliphatic heterocycles. The Bertz CT molecular complexity index is 832. The van der Waals surface area contributed by atoms with E-state index in [1.807, 2.05) is 25.1 Å². The molecule has 0 aliphatic carbocycles. The minimum absolute atomic E-state index is 0.426. The van der Waals surface area contributed by atoms with Gasteiger partial charge in [0.05, 0.1) is 20.4 Å². The Balaban J connectivity index is 1.91. The highest BCUT2D eigenvalue weighted by Crippen LogP contribution is 2.18. The van der Waals surface area contributed by atoms with Crippen LogP contribution in [0.25, 0.3) is 0 Å². The van der Waals surface area contributed by atoms with E-state index < -0.39 is 17.7 Å². The first-order valence-electron chi connectivity index (χ1n) is 8.37. The van der Waals surface area contributed by atoms with Crippen molar-refractivity contribution in [3.8, 4) is 11.5 Å². The van der Waals surface area contributed by atoms with E-state index in [9.17, 15) is 9.59 Å². The zero-order chi connectivity index (χ0) is 19.8. The first-order chi connectivity index (χ1) is 12.9. The van der Waals surface area contributed by atoms with Crippen LogP contribution in [0.15, 0.2) is 47.6 Å². The second-order valence-electron chi connectivity index (χ2n) is 5.90. The summed E-state index contributed by atoms with van der Waals surface area (Å²) >= 11 is 0. The zero-order valence-corrected chi connectivity index (χ0v) is 15.8. The van der Waals surface area contributed by atoms with Crippen LogP contribution in [-0.4, -0.2) is 32.2 Å². The minimum atomic E-state index is -0.906. The summed E-state index contributed by atoms with van der Waals surface area (Å²) in [6, 6.07) is 12.4. The lowest BCUT2D eigenvalue weighted by Gasteiger charge is -2.11. The predicted octanol–water partition coefficient (Wildman–Crippen LogP) is 2.74. The molecule has 0 saturated heterocycles. The number of ether oxygens (including phenoxy) is 2. The fourth-order valence-corrected chi connectivity index (χ4v) is 2.23. The van der Waals surface area contributed by atoms with Crippen LogP contribution in [0.5, 0.6) is 11.5 Å². The number of nitrogens with zero attached hydrogens (tertiary/aromatic N) is 1. The summed E-state index contributed by atoms with van der Waals surface area (Å²) in [4.78, 5) is 24.3. The summed E-state index contributed by atoms with van der Waals surface area (Å²) in [5.74, 6) is -0.420. The maximum Gasteiger partial charge on any atom is 0.252 e. The summed E-state index contributed by atoms with van der Waals surface area (Å²) in [5.41, 5.74) is 4.73. The highest BCUT2D eigenvalue weighted by Gasteiger charge is 2.21. The SMILES string of the molecule is COc1ccc(NC(=O)C(C)C(=O)NN=Cc2ccc(C)c(OC)c2)cc1. The number of methoxy groups -OCH3 is 2. The molecule has 0 bridgehead atoms. The van der Waals surface area contributed by atoms with Crippen molar-refractivity contribution >= 4 is 23.7 Å². The van der Waals surface area contributed by atoms with Crippen molar-refractivity contribution in [1.29, 1.82) is 0 Å². The van der Waals surface area contributed by atoms with Crippen LogP contribution < -0.4 is 20.2 Å². The Morgan fingerprint density at radius 2 is 1.74 bits per heavy atom. The van der Waals surface area contributed by atoms with Crippen LogP contribution in [0.3, 0.4) is 0 Å². The molecule has 0 aromatic heterocycles. The lowest BCUT2D eigenvalue weighted by molar-refractivity contribution is -0.131. The first kappa shape index (κ1) is 20.0. The van der Waals surface area contributed by atoms with Crippen LogP contribution >= 0.6 is 0 Å². The second kappa shape index (κ2) is 9.38. The molecule has 27 heavy (non-hydrogen) atoms. The number of amides is 2. The van der Waals surface area contributed by atoms with Crippen molar-refractivity contribution in [3.63, 3.8) is 0 Å². The normalized spacial score (nSPS) is 11.7. The number of rotatable bonds is 7. The number of anilines is 1. The molecule has 0 radical (unpaired) electrons. The molecule has 0 aliphatic rings. The Hall–Kier alpha value is -3.35. The van der Waals surface area contributed by atoms with Gasteiger partial charge in [0.15, 0.2) is 0 Å². The Kier molecular flexibility index (Phi) is 6.93. The van der Waals surface area contributed by atoms with Crippen molar-refractivity contribution in [2.75, 3.05) is 19.5 Å². The number of nitrogens with one attached hydrogen (secondary N) is 2. The largest absolute Gasteiger partial charge is 0.497 e. The van der Waals surface area contributed by atoms with E-state index in [1.165, 1.54) is 13.1 Å². The van der Waals surface area contributed by atoms with Crippen molar-refractivity contribution < 1.29 is 19.1 Å². The zero-order valence-electron chi connectivity index (χ0n) is 15.8. The average Bonchev–Trinajstić information content (AvgIpc) is 2.69. The molecule has 0 spiro atoms. The van der Waals surface area contributed by atoms with Gasteiger partial charge in [0, 0.05) is 5.69 Å². The standard InChI is InChI=1S/C20H23N3O4/c1-13-5-6-15(11-18(13)27-4)12-21-23-20(25)14(2)19(24)22-16-7-9-17(26-3)10-8-16/h5-12,14H,1-4H3,(H,22,24)(H,23,25). The summed E-state index contributed by atoms with van der Waals surface area (Å²) < 4.78 is 10.3. The fourth-order valence-electron chi connectivity index (χ4n) is 2.23. The van der Waals surface area contributed by atoms with E-state index in [1.54, 1.807) is 38.5 Å². The fraction of sp³-hybridized carbons (Fsp3) is 0.250. The maximum absolute atomic E-state index is 12.2. The van der Waals surface area contributed by atoms with Crippen LogP contribution in [0, 0.1) is 12.8 Å². The third kappa shape index (κ3) is 5.57. The van der Waals surface area contributed by atoms with E-state index >= 15 is 0 Å². The third-order valence-corrected chi connectivity index (χ3v) is 3.96. The van der Waals surface area contributed by atoms with Gasteiger partial charge in [-0.25, -0.2) is 5.43 Å². The molecule has 7 nitrogen and oxygen atoms in total. The molecule has 1 unspecified atom stereocenters. The van der Waals surface area contributed by atoms with Crippen molar-refractivity contribution in [2.45, 2.75) is 13.8 Å². The third-order valence-electron chi connectivity index (χ3n) is 3.96. The molecule has 2 N–H and O–H groups in total. The summed E-state index contributed by atoms with van der Waals surface area (Å²) in [5, 5.41) is 6.58. The van der Waals surface area contributed by atoms with Crippen LogP contribution in [0.2, 0.25) is 0 Å². The second-order valence-corrected chi connectivity index (χ2v) is 5.90. The van der Waals surface area contributed by atoms with Gasteiger partial charge in [-0.05, 0) is 55.3 Å². The number of benzene rings is 2. The van der Waals surface area contributed by atoms with Crippen LogP contribution in [-0.2, 0) is 9.59 Å². The van der Waals surface area contributed by atoms with E-state index in [0.717, 1.165) is 16.9 Å². The molecule has 2 aromatic rings. The topological polar surface area (TPSA) is 89.0 Å². The summed E-state index contributed by atoms with van der Waals surface area (Å²) in [6.45, 7) is 3.45. The number of hydrazone groups is 1. The number of aryl methyl sites for hydroxylation is 1. The van der Waals surface area contributed by atoms with Gasteiger partial charge in [-0.15, -0.1) is 0 Å². The average molecular weight is 369 g/mol. The number of hydrogen-bond acceptors (Lipinski definition) is 5. The molecule has 2 rings (SSSR count). The summed E-state index contributed by atoms with van der Waals surface area (Å²) in [6.07, 6.45) is 1.49. The van der Waals surface area contributed by atoms with E-state index in [0.29, 0.717) is 11.4 Å². The molecule has 1 atom stereocenters. The van der Waals surface area contributed by atoms with E-state index in [-0.39, 0.29) is 0 Å². The van der Waals surface area contributed by atoms with Gasteiger partial charge in [0.25, 0.3) is 5.91 Å². The number of carbonyl (C=O) groups excluding carboxylic acids is 2. The van der Waals surface area contributed by atoms with Crippen molar-refractivity contribution in [2.24, 2.45) is 11.0 Å². The molecule has 7 heteroatoms. The number of carbonyl (C=O) groups is 2.